The Morgan fingerprint density at radius 1 is 1.20 bits per heavy atom. The van der Waals surface area contributed by atoms with Crippen molar-refractivity contribution in [2.75, 3.05) is 31.6 Å². The third-order valence-electron chi connectivity index (χ3n) is 3.36. The lowest BCUT2D eigenvalue weighted by atomic mass is 9.99. The fourth-order valence-corrected chi connectivity index (χ4v) is 2.55. The van der Waals surface area contributed by atoms with Crippen LogP contribution in [0.4, 0.5) is 5.69 Å². The molecule has 5 heteroatoms. The third-order valence-corrected chi connectivity index (χ3v) is 3.36. The maximum Gasteiger partial charge on any atom is 0.221 e. The minimum atomic E-state index is -0.332. The van der Waals surface area contributed by atoms with Crippen LogP contribution in [0.25, 0.3) is 0 Å². The van der Waals surface area contributed by atoms with Gasteiger partial charge in [-0.15, -0.1) is 0 Å². The van der Waals surface area contributed by atoms with Crippen LogP contribution in [0.1, 0.15) is 25.5 Å². The van der Waals surface area contributed by atoms with Gasteiger partial charge in [-0.05, 0) is 13.0 Å². The molecule has 1 fully saturated rings. The molecular formula is C15H20N2O3. The molecule has 1 heterocycles. The molecule has 0 saturated carbocycles. The van der Waals surface area contributed by atoms with E-state index in [0.717, 1.165) is 18.7 Å². The van der Waals surface area contributed by atoms with Crippen molar-refractivity contribution in [1.82, 2.24) is 4.90 Å². The molecule has 0 aliphatic carbocycles. The number of Topliss-reactive ketones (excluding diaryl/α,β-unsaturated/α-hetero) is 1. The molecule has 1 aliphatic rings. The van der Waals surface area contributed by atoms with Crippen LogP contribution in [0.15, 0.2) is 24.3 Å². The van der Waals surface area contributed by atoms with E-state index < -0.39 is 0 Å². The van der Waals surface area contributed by atoms with Gasteiger partial charge >= 0.3 is 0 Å². The Kier molecular flexibility index (Phi) is 4.87. The van der Waals surface area contributed by atoms with Crippen molar-refractivity contribution in [2.24, 2.45) is 0 Å². The minimum absolute atomic E-state index is 0.0738. The number of nitrogens with zero attached hydrogens (tertiary/aromatic N) is 1. The predicted molar refractivity (Wildman–Crippen MR) is 76.6 cm³/mol. The molecule has 1 unspecified atom stereocenters. The third kappa shape index (κ3) is 3.43. The summed E-state index contributed by atoms with van der Waals surface area (Å²) in [5, 5.41) is 2.80. The average Bonchev–Trinajstić information content (AvgIpc) is 2.41. The van der Waals surface area contributed by atoms with Gasteiger partial charge in [0.1, 0.15) is 0 Å². The highest BCUT2D eigenvalue weighted by atomic mass is 16.5. The number of ether oxygens (including phenoxy) is 1. The Morgan fingerprint density at radius 3 is 2.45 bits per heavy atom. The summed E-state index contributed by atoms with van der Waals surface area (Å²) in [6, 6.07) is 7.13. The van der Waals surface area contributed by atoms with Gasteiger partial charge in [0.05, 0.1) is 19.3 Å². The number of morpholine rings is 1. The Hall–Kier alpha value is -1.72. The molecule has 2 rings (SSSR count). The zero-order valence-corrected chi connectivity index (χ0v) is 11.9. The maximum absolute atomic E-state index is 12.1. The minimum Gasteiger partial charge on any atom is -0.379 e. The number of hydrogen-bond acceptors (Lipinski definition) is 4. The quantitative estimate of drug-likeness (QED) is 0.907. The van der Waals surface area contributed by atoms with Crippen LogP contribution in [-0.2, 0) is 14.3 Å². The number of benzene rings is 1. The van der Waals surface area contributed by atoms with E-state index in [4.69, 9.17) is 4.74 Å². The number of amides is 1. The number of carbonyl (C=O) groups excluding carboxylic acids is 2. The summed E-state index contributed by atoms with van der Waals surface area (Å²) in [5.41, 5.74) is 1.55. The topological polar surface area (TPSA) is 58.6 Å². The van der Waals surface area contributed by atoms with E-state index >= 15 is 0 Å². The van der Waals surface area contributed by atoms with Crippen LogP contribution in [0.2, 0.25) is 0 Å². The van der Waals surface area contributed by atoms with Crippen molar-refractivity contribution in [1.29, 1.82) is 0 Å². The normalized spacial score (nSPS) is 17.5. The van der Waals surface area contributed by atoms with Gasteiger partial charge in [0.25, 0.3) is 0 Å². The molecule has 0 aromatic heterocycles. The van der Waals surface area contributed by atoms with Crippen LogP contribution >= 0.6 is 0 Å². The first-order chi connectivity index (χ1) is 9.59. The zero-order chi connectivity index (χ0) is 14.5. The van der Waals surface area contributed by atoms with Crippen molar-refractivity contribution >= 4 is 17.4 Å². The fraction of sp³-hybridized carbons (Fsp3) is 0.467. The van der Waals surface area contributed by atoms with E-state index in [1.807, 2.05) is 24.3 Å². The second kappa shape index (κ2) is 6.63. The second-order valence-corrected chi connectivity index (χ2v) is 4.93. The van der Waals surface area contributed by atoms with E-state index in [0.29, 0.717) is 18.9 Å². The van der Waals surface area contributed by atoms with E-state index in [2.05, 4.69) is 10.2 Å². The second-order valence-electron chi connectivity index (χ2n) is 4.93. The van der Waals surface area contributed by atoms with Gasteiger partial charge in [0.2, 0.25) is 5.91 Å². The molecule has 1 saturated heterocycles. The van der Waals surface area contributed by atoms with E-state index in [9.17, 15) is 9.59 Å². The van der Waals surface area contributed by atoms with Crippen LogP contribution in [0.3, 0.4) is 0 Å². The van der Waals surface area contributed by atoms with E-state index in [1.165, 1.54) is 6.92 Å². The highest BCUT2D eigenvalue weighted by Gasteiger charge is 2.28. The molecule has 0 spiro atoms. The molecular weight excluding hydrogens is 256 g/mol. The highest BCUT2D eigenvalue weighted by molar-refractivity contribution is 5.92. The van der Waals surface area contributed by atoms with Gasteiger partial charge < -0.3 is 10.1 Å². The maximum atomic E-state index is 12.1. The van der Waals surface area contributed by atoms with Crippen molar-refractivity contribution in [2.45, 2.75) is 19.9 Å². The molecule has 1 aliphatic heterocycles. The summed E-state index contributed by atoms with van der Waals surface area (Å²) in [7, 11) is 0. The number of hydrogen-bond donors (Lipinski definition) is 1. The van der Waals surface area contributed by atoms with E-state index in [1.54, 1.807) is 6.92 Å². The monoisotopic (exact) mass is 276 g/mol. The number of anilines is 1. The number of carbonyl (C=O) groups is 2. The summed E-state index contributed by atoms with van der Waals surface area (Å²) < 4.78 is 5.34. The molecule has 1 amide bonds. The predicted octanol–water partition coefficient (Wildman–Crippen LogP) is 1.61. The summed E-state index contributed by atoms with van der Waals surface area (Å²) in [4.78, 5) is 25.5. The first-order valence-electron chi connectivity index (χ1n) is 6.78. The van der Waals surface area contributed by atoms with E-state index in [-0.39, 0.29) is 17.7 Å². The molecule has 20 heavy (non-hydrogen) atoms. The molecule has 5 nitrogen and oxygen atoms in total. The zero-order valence-electron chi connectivity index (χ0n) is 11.9. The molecule has 1 aromatic rings. The number of ketones is 1. The lowest BCUT2D eigenvalue weighted by Crippen LogP contribution is -2.41. The Bertz CT molecular complexity index is 496. The summed E-state index contributed by atoms with van der Waals surface area (Å²) in [5.74, 6) is -0.0635. The summed E-state index contributed by atoms with van der Waals surface area (Å²) in [6.07, 6.45) is 0. The van der Waals surface area contributed by atoms with Crippen molar-refractivity contribution in [3.63, 3.8) is 0 Å². The fourth-order valence-electron chi connectivity index (χ4n) is 2.55. The standard InChI is InChI=1S/C15H20N2O3/c1-11(18)15(17-7-9-20-10-8-17)13-5-3-4-6-14(13)16-12(2)19/h3-6,15H,7-10H2,1-2H3,(H,16,19). The Morgan fingerprint density at radius 2 is 1.85 bits per heavy atom. The van der Waals surface area contributed by atoms with Gasteiger partial charge in [-0.25, -0.2) is 0 Å². The van der Waals surface area contributed by atoms with Gasteiger partial charge in [0.15, 0.2) is 5.78 Å². The summed E-state index contributed by atoms with van der Waals surface area (Å²) in [6.45, 7) is 5.76. The smallest absolute Gasteiger partial charge is 0.221 e. The average molecular weight is 276 g/mol. The first-order valence-corrected chi connectivity index (χ1v) is 6.78. The molecule has 1 aromatic carbocycles. The van der Waals surface area contributed by atoms with Crippen LogP contribution < -0.4 is 5.32 Å². The highest BCUT2D eigenvalue weighted by Crippen LogP contribution is 2.29. The lowest BCUT2D eigenvalue weighted by molar-refractivity contribution is -0.124. The molecule has 108 valence electrons. The largest absolute Gasteiger partial charge is 0.379 e. The SMILES string of the molecule is CC(=O)Nc1ccccc1C(C(C)=O)N1CCOCC1. The van der Waals surface area contributed by atoms with Crippen molar-refractivity contribution < 1.29 is 14.3 Å². The van der Waals surface area contributed by atoms with Crippen LogP contribution in [-0.4, -0.2) is 42.9 Å². The van der Waals surface area contributed by atoms with Gasteiger partial charge in [-0.2, -0.15) is 0 Å². The van der Waals surface area contributed by atoms with Gasteiger partial charge in [-0.1, -0.05) is 18.2 Å². The first kappa shape index (κ1) is 14.7. The van der Waals surface area contributed by atoms with Crippen LogP contribution in [0.5, 0.6) is 0 Å². The number of para-hydroxylation sites is 1. The molecule has 0 radical (unpaired) electrons. The van der Waals surface area contributed by atoms with Crippen molar-refractivity contribution in [3.8, 4) is 0 Å². The molecule has 0 bridgehead atoms. The van der Waals surface area contributed by atoms with Gasteiger partial charge in [0, 0.05) is 31.3 Å². The Labute approximate surface area is 118 Å². The number of rotatable bonds is 4. The summed E-state index contributed by atoms with van der Waals surface area (Å²) >= 11 is 0. The lowest BCUT2D eigenvalue weighted by Gasteiger charge is -2.34. The number of nitrogens with one attached hydrogen (secondary N) is 1. The van der Waals surface area contributed by atoms with Gasteiger partial charge in [-0.3, -0.25) is 14.5 Å². The van der Waals surface area contributed by atoms with Crippen molar-refractivity contribution in [3.05, 3.63) is 29.8 Å². The molecule has 1 atom stereocenters. The van der Waals surface area contributed by atoms with Crippen LogP contribution in [0, 0.1) is 0 Å². The Balaban J connectivity index is 2.33. The molecule has 1 N–H and O–H groups in total.